The number of H-pyrrole nitrogens is 1. The van der Waals surface area contributed by atoms with Crippen LogP contribution in [-0.4, -0.2) is 24.9 Å². The Bertz CT molecular complexity index is 1060. The van der Waals surface area contributed by atoms with Crippen molar-refractivity contribution < 1.29 is 5.11 Å². The van der Waals surface area contributed by atoms with Gasteiger partial charge in [0.1, 0.15) is 5.75 Å². The number of nitrogens with one attached hydrogen (secondary N) is 1. The second-order valence-corrected chi connectivity index (χ2v) is 5.47. The second-order valence-electron chi connectivity index (χ2n) is 5.08. The van der Waals surface area contributed by atoms with Crippen LogP contribution < -0.4 is 0 Å². The van der Waals surface area contributed by atoms with Crippen LogP contribution in [0.5, 0.6) is 5.75 Å². The van der Waals surface area contributed by atoms with Crippen molar-refractivity contribution >= 4 is 23.0 Å². The van der Waals surface area contributed by atoms with Gasteiger partial charge in [0.05, 0.1) is 17.4 Å². The molecule has 0 saturated carbocycles. The Labute approximate surface area is 164 Å². The van der Waals surface area contributed by atoms with Crippen molar-refractivity contribution in [3.63, 3.8) is 0 Å². The van der Waals surface area contributed by atoms with E-state index in [0.29, 0.717) is 16.2 Å². The number of rotatable bonds is 2. The third-order valence-electron chi connectivity index (χ3n) is 3.72. The fraction of sp³-hybridized carbons (Fsp3) is 0.190. The topological polar surface area (TPSA) is 66.7 Å². The number of hydrogen-bond donors (Lipinski definition) is 2. The van der Waals surface area contributed by atoms with Gasteiger partial charge in [-0.15, -0.1) is 0 Å². The Kier molecular flexibility index (Phi) is 7.25. The van der Waals surface area contributed by atoms with Crippen LogP contribution in [0.1, 0.15) is 27.7 Å². The number of benzene rings is 2. The fourth-order valence-corrected chi connectivity index (χ4v) is 2.91. The first-order chi connectivity index (χ1) is 13.3. The summed E-state index contributed by atoms with van der Waals surface area (Å²) in [5.74, 6) is 0.606. The average Bonchev–Trinajstić information content (AvgIpc) is 3.12. The standard InChI is InChI=1S/C17H12N4OS.2C2H6/c22-15-10-18-9-8-13(15)16-19-20-17(23)21(16)14-7-3-5-11-4-1-2-6-12(11)14;2*1-2/h1-10,22H,(H,20,23);2*1-2H3. The van der Waals surface area contributed by atoms with Gasteiger partial charge in [0.15, 0.2) is 10.6 Å². The lowest BCUT2D eigenvalue weighted by Crippen LogP contribution is -1.99. The van der Waals surface area contributed by atoms with Crippen molar-refractivity contribution in [2.24, 2.45) is 0 Å². The highest BCUT2D eigenvalue weighted by Gasteiger charge is 2.15. The lowest BCUT2D eigenvalue weighted by atomic mass is 10.1. The number of nitrogens with zero attached hydrogens (tertiary/aromatic N) is 3. The van der Waals surface area contributed by atoms with Crippen molar-refractivity contribution in [2.45, 2.75) is 27.7 Å². The molecule has 2 aromatic carbocycles. The fourth-order valence-electron chi connectivity index (χ4n) is 2.68. The largest absolute Gasteiger partial charge is 0.506 e. The van der Waals surface area contributed by atoms with Crippen LogP contribution >= 0.6 is 12.2 Å². The van der Waals surface area contributed by atoms with E-state index < -0.39 is 0 Å². The van der Waals surface area contributed by atoms with Crippen LogP contribution in [0.25, 0.3) is 27.8 Å². The van der Waals surface area contributed by atoms with Crippen LogP contribution in [0.3, 0.4) is 0 Å². The maximum absolute atomic E-state index is 10.1. The van der Waals surface area contributed by atoms with Gasteiger partial charge in [0.2, 0.25) is 0 Å². The van der Waals surface area contributed by atoms with E-state index in [2.05, 4.69) is 15.2 Å². The molecule has 0 radical (unpaired) electrons. The van der Waals surface area contributed by atoms with E-state index in [1.807, 2.05) is 74.7 Å². The van der Waals surface area contributed by atoms with Gasteiger partial charge in [-0.1, -0.05) is 64.1 Å². The Hall–Kier alpha value is -2.99. The maximum atomic E-state index is 10.1. The Morgan fingerprint density at radius 3 is 2.41 bits per heavy atom. The van der Waals surface area contributed by atoms with Gasteiger partial charge in [0.25, 0.3) is 0 Å². The SMILES string of the molecule is CC.CC.Oc1cnccc1-c1n[nH]c(=S)n1-c1cccc2ccccc12. The first-order valence-electron chi connectivity index (χ1n) is 9.04. The van der Waals surface area contributed by atoms with Crippen LogP contribution in [0.15, 0.2) is 60.9 Å². The number of pyridine rings is 1. The van der Waals surface area contributed by atoms with Crippen molar-refractivity contribution in [3.8, 4) is 22.8 Å². The Morgan fingerprint density at radius 1 is 0.963 bits per heavy atom. The van der Waals surface area contributed by atoms with Gasteiger partial charge in [-0.3, -0.25) is 14.6 Å². The summed E-state index contributed by atoms with van der Waals surface area (Å²) in [5, 5.41) is 19.4. The summed E-state index contributed by atoms with van der Waals surface area (Å²) >= 11 is 5.41. The first kappa shape index (κ1) is 20.3. The summed E-state index contributed by atoms with van der Waals surface area (Å²) in [7, 11) is 0. The van der Waals surface area contributed by atoms with E-state index >= 15 is 0 Å². The zero-order chi connectivity index (χ0) is 19.8. The molecule has 4 rings (SSSR count). The predicted octanol–water partition coefficient (Wildman–Crippen LogP) is 5.90. The molecule has 27 heavy (non-hydrogen) atoms. The smallest absolute Gasteiger partial charge is 0.200 e. The van der Waals surface area contributed by atoms with Gasteiger partial charge >= 0.3 is 0 Å². The van der Waals surface area contributed by atoms with E-state index in [1.54, 1.807) is 12.3 Å². The number of hydrogen-bond acceptors (Lipinski definition) is 4. The summed E-state index contributed by atoms with van der Waals surface area (Å²) in [6.07, 6.45) is 3.00. The second kappa shape index (κ2) is 9.64. The molecule has 0 aliphatic rings. The normalized spacial score (nSPS) is 9.78. The molecule has 0 bridgehead atoms. The molecule has 6 heteroatoms. The quantitative estimate of drug-likeness (QED) is 0.425. The summed E-state index contributed by atoms with van der Waals surface area (Å²) < 4.78 is 2.29. The zero-order valence-corrected chi connectivity index (χ0v) is 16.8. The minimum atomic E-state index is 0.0583. The zero-order valence-electron chi connectivity index (χ0n) is 16.0. The number of aromatic nitrogens is 4. The van der Waals surface area contributed by atoms with E-state index in [0.717, 1.165) is 16.5 Å². The number of fused-ring (bicyclic) bond motifs is 1. The summed E-state index contributed by atoms with van der Waals surface area (Å²) in [6.45, 7) is 8.00. The van der Waals surface area contributed by atoms with Crippen molar-refractivity contribution in [1.29, 1.82) is 0 Å². The average molecular weight is 381 g/mol. The van der Waals surface area contributed by atoms with Crippen LogP contribution in [0.4, 0.5) is 0 Å². The highest BCUT2D eigenvalue weighted by molar-refractivity contribution is 7.71. The first-order valence-corrected chi connectivity index (χ1v) is 9.45. The minimum absolute atomic E-state index is 0.0583. The van der Waals surface area contributed by atoms with Gasteiger partial charge in [-0.2, -0.15) is 5.10 Å². The van der Waals surface area contributed by atoms with Crippen molar-refractivity contribution in [2.75, 3.05) is 0 Å². The molecular formula is C21H24N4OS. The molecule has 4 aromatic rings. The van der Waals surface area contributed by atoms with Crippen LogP contribution in [0.2, 0.25) is 0 Å². The van der Waals surface area contributed by atoms with E-state index in [9.17, 15) is 5.11 Å². The molecule has 2 heterocycles. The molecule has 0 aliphatic carbocycles. The molecule has 0 amide bonds. The molecule has 0 spiro atoms. The van der Waals surface area contributed by atoms with E-state index in [-0.39, 0.29) is 5.75 Å². The Morgan fingerprint density at radius 2 is 1.67 bits per heavy atom. The van der Waals surface area contributed by atoms with E-state index in [1.165, 1.54) is 6.20 Å². The van der Waals surface area contributed by atoms with Crippen molar-refractivity contribution in [1.82, 2.24) is 19.7 Å². The van der Waals surface area contributed by atoms with Crippen molar-refractivity contribution in [3.05, 3.63) is 65.7 Å². The molecular weight excluding hydrogens is 356 g/mol. The molecule has 0 aliphatic heterocycles. The summed E-state index contributed by atoms with van der Waals surface area (Å²) in [4.78, 5) is 3.91. The van der Waals surface area contributed by atoms with Gasteiger partial charge in [-0.05, 0) is 29.7 Å². The molecule has 5 nitrogen and oxygen atoms in total. The van der Waals surface area contributed by atoms with Gasteiger partial charge in [0, 0.05) is 11.6 Å². The summed E-state index contributed by atoms with van der Waals surface area (Å²) in [5.41, 5.74) is 1.48. The molecule has 0 fully saturated rings. The Balaban J connectivity index is 0.000000614. The molecule has 2 aromatic heterocycles. The number of aromatic amines is 1. The molecule has 0 unspecified atom stereocenters. The third-order valence-corrected chi connectivity index (χ3v) is 3.99. The molecule has 140 valence electrons. The lowest BCUT2D eigenvalue weighted by molar-refractivity contribution is 0.474. The number of aromatic hydroxyl groups is 1. The highest BCUT2D eigenvalue weighted by atomic mass is 32.1. The summed E-state index contributed by atoms with van der Waals surface area (Å²) in [6, 6.07) is 15.8. The highest BCUT2D eigenvalue weighted by Crippen LogP contribution is 2.30. The molecule has 2 N–H and O–H groups in total. The van der Waals surface area contributed by atoms with Crippen LogP contribution in [-0.2, 0) is 0 Å². The maximum Gasteiger partial charge on any atom is 0.200 e. The predicted molar refractivity (Wildman–Crippen MR) is 114 cm³/mol. The molecule has 0 saturated heterocycles. The van der Waals surface area contributed by atoms with E-state index in [4.69, 9.17) is 12.2 Å². The van der Waals surface area contributed by atoms with Crippen LogP contribution in [0, 0.1) is 4.77 Å². The van der Waals surface area contributed by atoms with Gasteiger partial charge < -0.3 is 5.11 Å². The minimum Gasteiger partial charge on any atom is -0.506 e. The monoisotopic (exact) mass is 380 g/mol. The third kappa shape index (κ3) is 4.06. The lowest BCUT2D eigenvalue weighted by Gasteiger charge is -2.11. The van der Waals surface area contributed by atoms with Gasteiger partial charge in [-0.25, -0.2) is 0 Å². The molecule has 0 atom stereocenters.